The standard InChI is InChI=1S/C20H24N2O2/c1-15-3-4-16(2)19(13-15)21-20(23)18-7-5-17(6-8-18)14-22-9-11-24-12-10-22/h3-8,13H,9-12,14H2,1-2H3,(H,21,23)/p+1. The summed E-state index contributed by atoms with van der Waals surface area (Å²) in [6, 6.07) is 14.0. The molecule has 1 aliphatic heterocycles. The van der Waals surface area contributed by atoms with Crippen molar-refractivity contribution >= 4 is 11.6 Å². The van der Waals surface area contributed by atoms with E-state index in [1.54, 1.807) is 0 Å². The highest BCUT2D eigenvalue weighted by molar-refractivity contribution is 6.04. The van der Waals surface area contributed by atoms with E-state index in [0.717, 1.165) is 49.7 Å². The van der Waals surface area contributed by atoms with E-state index in [1.165, 1.54) is 10.5 Å². The fourth-order valence-corrected chi connectivity index (χ4v) is 2.96. The lowest BCUT2D eigenvalue weighted by Gasteiger charge is -2.23. The van der Waals surface area contributed by atoms with Crippen LogP contribution in [0.25, 0.3) is 0 Å². The Labute approximate surface area is 143 Å². The first kappa shape index (κ1) is 16.7. The molecule has 1 fully saturated rings. The zero-order valence-corrected chi connectivity index (χ0v) is 14.4. The molecule has 2 N–H and O–H groups in total. The Morgan fingerprint density at radius 3 is 2.50 bits per heavy atom. The molecule has 1 amide bonds. The molecule has 0 radical (unpaired) electrons. The number of anilines is 1. The number of carbonyl (C=O) groups excluding carboxylic acids is 1. The maximum Gasteiger partial charge on any atom is 0.255 e. The average molecular weight is 325 g/mol. The predicted octanol–water partition coefficient (Wildman–Crippen LogP) is 1.97. The smallest absolute Gasteiger partial charge is 0.255 e. The molecule has 3 rings (SSSR count). The van der Waals surface area contributed by atoms with Crippen LogP contribution in [-0.2, 0) is 11.3 Å². The van der Waals surface area contributed by atoms with Crippen molar-refractivity contribution in [2.75, 3.05) is 31.6 Å². The molecule has 2 aromatic carbocycles. The number of aryl methyl sites for hydroxylation is 2. The van der Waals surface area contributed by atoms with E-state index in [2.05, 4.69) is 17.4 Å². The van der Waals surface area contributed by atoms with E-state index < -0.39 is 0 Å². The van der Waals surface area contributed by atoms with Gasteiger partial charge in [0.1, 0.15) is 19.6 Å². The quantitative estimate of drug-likeness (QED) is 0.902. The van der Waals surface area contributed by atoms with Crippen molar-refractivity contribution in [3.8, 4) is 0 Å². The van der Waals surface area contributed by atoms with E-state index >= 15 is 0 Å². The van der Waals surface area contributed by atoms with E-state index in [9.17, 15) is 4.79 Å². The van der Waals surface area contributed by atoms with E-state index in [-0.39, 0.29) is 5.91 Å². The Bertz CT molecular complexity index is 704. The van der Waals surface area contributed by atoms with Crippen molar-refractivity contribution in [3.63, 3.8) is 0 Å². The highest BCUT2D eigenvalue weighted by atomic mass is 16.5. The molecule has 0 unspecified atom stereocenters. The molecule has 0 spiro atoms. The van der Waals surface area contributed by atoms with Gasteiger partial charge in [-0.15, -0.1) is 0 Å². The Morgan fingerprint density at radius 2 is 1.79 bits per heavy atom. The number of ether oxygens (including phenoxy) is 1. The molecule has 0 aromatic heterocycles. The Kier molecular flexibility index (Phi) is 5.28. The summed E-state index contributed by atoms with van der Waals surface area (Å²) in [5.74, 6) is -0.0611. The van der Waals surface area contributed by atoms with Crippen LogP contribution in [0.1, 0.15) is 27.0 Å². The van der Waals surface area contributed by atoms with Crippen LogP contribution < -0.4 is 10.2 Å². The first-order valence-electron chi connectivity index (χ1n) is 8.51. The number of hydrogen-bond donors (Lipinski definition) is 2. The number of quaternary nitrogens is 1. The first-order chi connectivity index (χ1) is 11.6. The Balaban J connectivity index is 1.64. The Morgan fingerprint density at radius 1 is 1.08 bits per heavy atom. The van der Waals surface area contributed by atoms with E-state index in [1.807, 2.05) is 44.2 Å². The van der Waals surface area contributed by atoms with Gasteiger partial charge in [-0.05, 0) is 43.2 Å². The number of rotatable bonds is 4. The molecule has 126 valence electrons. The predicted molar refractivity (Wildman–Crippen MR) is 95.5 cm³/mol. The number of nitrogens with one attached hydrogen (secondary N) is 2. The summed E-state index contributed by atoms with van der Waals surface area (Å²) >= 11 is 0. The van der Waals surface area contributed by atoms with Crippen molar-refractivity contribution < 1.29 is 14.4 Å². The molecule has 1 heterocycles. The fourth-order valence-electron chi connectivity index (χ4n) is 2.96. The zero-order valence-electron chi connectivity index (χ0n) is 14.4. The normalized spacial score (nSPS) is 15.2. The van der Waals surface area contributed by atoms with Gasteiger partial charge in [-0.3, -0.25) is 4.79 Å². The third-order valence-electron chi connectivity index (χ3n) is 4.51. The molecule has 1 aliphatic rings. The van der Waals surface area contributed by atoms with Crippen LogP contribution in [0.5, 0.6) is 0 Å². The molecule has 2 aromatic rings. The Hall–Kier alpha value is -2.17. The lowest BCUT2D eigenvalue weighted by Crippen LogP contribution is -3.12. The van der Waals surface area contributed by atoms with Gasteiger partial charge in [0.25, 0.3) is 5.91 Å². The third kappa shape index (κ3) is 4.22. The number of carbonyl (C=O) groups is 1. The fraction of sp³-hybridized carbons (Fsp3) is 0.350. The van der Waals surface area contributed by atoms with Crippen molar-refractivity contribution in [1.29, 1.82) is 0 Å². The number of benzene rings is 2. The van der Waals surface area contributed by atoms with Gasteiger partial charge in [0, 0.05) is 16.8 Å². The number of amides is 1. The van der Waals surface area contributed by atoms with Crippen molar-refractivity contribution in [1.82, 2.24) is 0 Å². The van der Waals surface area contributed by atoms with Crippen LogP contribution in [0.4, 0.5) is 5.69 Å². The minimum Gasteiger partial charge on any atom is -0.370 e. The first-order valence-corrected chi connectivity index (χ1v) is 8.51. The average Bonchev–Trinajstić information content (AvgIpc) is 2.60. The SMILES string of the molecule is Cc1ccc(C)c(NC(=O)c2ccc(C[NH+]3CCOCC3)cc2)c1. The van der Waals surface area contributed by atoms with Gasteiger partial charge in [0.2, 0.25) is 0 Å². The second-order valence-electron chi connectivity index (χ2n) is 6.51. The number of hydrogen-bond acceptors (Lipinski definition) is 2. The van der Waals surface area contributed by atoms with Gasteiger partial charge in [-0.2, -0.15) is 0 Å². The summed E-state index contributed by atoms with van der Waals surface area (Å²) in [6.07, 6.45) is 0. The second kappa shape index (κ2) is 7.60. The summed E-state index contributed by atoms with van der Waals surface area (Å²) < 4.78 is 5.39. The summed E-state index contributed by atoms with van der Waals surface area (Å²) in [5, 5.41) is 3.01. The van der Waals surface area contributed by atoms with Gasteiger partial charge in [-0.1, -0.05) is 24.3 Å². The zero-order chi connectivity index (χ0) is 16.9. The molecular weight excluding hydrogens is 300 g/mol. The molecular formula is C20H25N2O2+. The summed E-state index contributed by atoms with van der Waals surface area (Å²) in [6.45, 7) is 8.80. The lowest BCUT2D eigenvalue weighted by atomic mass is 10.1. The number of morpholine rings is 1. The maximum atomic E-state index is 12.4. The topological polar surface area (TPSA) is 42.8 Å². The van der Waals surface area contributed by atoms with Crippen LogP contribution in [-0.4, -0.2) is 32.2 Å². The van der Waals surface area contributed by atoms with Crippen molar-refractivity contribution in [3.05, 3.63) is 64.7 Å². The molecule has 1 saturated heterocycles. The van der Waals surface area contributed by atoms with Crippen LogP contribution in [0, 0.1) is 13.8 Å². The highest BCUT2D eigenvalue weighted by Gasteiger charge is 2.14. The molecule has 0 bridgehead atoms. The van der Waals surface area contributed by atoms with Crippen LogP contribution in [0.15, 0.2) is 42.5 Å². The van der Waals surface area contributed by atoms with Crippen LogP contribution >= 0.6 is 0 Å². The van der Waals surface area contributed by atoms with Crippen LogP contribution in [0.3, 0.4) is 0 Å². The lowest BCUT2D eigenvalue weighted by molar-refractivity contribution is -0.921. The molecule has 4 heteroatoms. The minimum atomic E-state index is -0.0611. The molecule has 4 nitrogen and oxygen atoms in total. The molecule has 24 heavy (non-hydrogen) atoms. The molecule has 0 atom stereocenters. The monoisotopic (exact) mass is 325 g/mol. The molecule has 0 aliphatic carbocycles. The van der Waals surface area contributed by atoms with Gasteiger partial charge in [0.05, 0.1) is 13.2 Å². The van der Waals surface area contributed by atoms with Crippen molar-refractivity contribution in [2.45, 2.75) is 20.4 Å². The van der Waals surface area contributed by atoms with Gasteiger partial charge in [0.15, 0.2) is 0 Å². The van der Waals surface area contributed by atoms with Crippen LogP contribution in [0.2, 0.25) is 0 Å². The summed E-state index contributed by atoms with van der Waals surface area (Å²) in [5.41, 5.74) is 5.04. The highest BCUT2D eigenvalue weighted by Crippen LogP contribution is 2.17. The third-order valence-corrected chi connectivity index (χ3v) is 4.51. The van der Waals surface area contributed by atoms with Gasteiger partial charge < -0.3 is 15.0 Å². The second-order valence-corrected chi connectivity index (χ2v) is 6.51. The van der Waals surface area contributed by atoms with Crippen molar-refractivity contribution in [2.24, 2.45) is 0 Å². The maximum absolute atomic E-state index is 12.4. The van der Waals surface area contributed by atoms with E-state index in [0.29, 0.717) is 5.56 Å². The van der Waals surface area contributed by atoms with E-state index in [4.69, 9.17) is 4.74 Å². The largest absolute Gasteiger partial charge is 0.370 e. The summed E-state index contributed by atoms with van der Waals surface area (Å²) in [4.78, 5) is 14.0. The molecule has 0 saturated carbocycles. The van der Waals surface area contributed by atoms with Gasteiger partial charge >= 0.3 is 0 Å². The minimum absolute atomic E-state index is 0.0611. The summed E-state index contributed by atoms with van der Waals surface area (Å²) in [7, 11) is 0. The van der Waals surface area contributed by atoms with Gasteiger partial charge in [-0.25, -0.2) is 0 Å².